The molecular weight excluding hydrogens is 380 g/mol. The van der Waals surface area contributed by atoms with Gasteiger partial charge >= 0.3 is 6.03 Å². The normalized spacial score (nSPS) is 10.0. The number of anilines is 1. The van der Waals surface area contributed by atoms with E-state index in [1.807, 2.05) is 0 Å². The molecule has 0 radical (unpaired) electrons. The summed E-state index contributed by atoms with van der Waals surface area (Å²) in [6.45, 7) is 0.236. The van der Waals surface area contributed by atoms with Crippen molar-refractivity contribution in [2.24, 2.45) is 5.73 Å². The van der Waals surface area contributed by atoms with E-state index < -0.39 is 16.9 Å². The molecule has 0 aliphatic heterocycles. The van der Waals surface area contributed by atoms with Crippen LogP contribution in [0, 0.1) is 10.1 Å². The Morgan fingerprint density at radius 3 is 2.42 bits per heavy atom. The Morgan fingerprint density at radius 2 is 1.83 bits per heavy atom. The van der Waals surface area contributed by atoms with Gasteiger partial charge in [-0.1, -0.05) is 12.1 Å². The number of carbonyl (C=O) groups is 2. The molecule has 0 heterocycles. The molecule has 9 heteroatoms. The number of rotatable bonds is 5. The Balaban J connectivity index is 2.01. The zero-order chi connectivity index (χ0) is 17.7. The van der Waals surface area contributed by atoms with E-state index in [4.69, 9.17) is 5.73 Å². The number of primary amides is 1. The van der Waals surface area contributed by atoms with Crippen molar-refractivity contribution in [3.63, 3.8) is 0 Å². The minimum atomic E-state index is -0.659. The standard InChI is InChI=1S/C15H13BrN4O4/c16-12-6-3-10(7-13(12)20(23)24)14(21)18-8-9-1-4-11(5-2-9)19-15(17)22/h1-7H,8H2,(H,18,21)(H3,17,19,22). The van der Waals surface area contributed by atoms with E-state index in [0.717, 1.165) is 5.56 Å². The number of nitro groups is 1. The van der Waals surface area contributed by atoms with Crippen molar-refractivity contribution in [3.8, 4) is 0 Å². The number of hydrogen-bond acceptors (Lipinski definition) is 4. The molecule has 0 spiro atoms. The number of benzene rings is 2. The zero-order valence-corrected chi connectivity index (χ0v) is 13.9. The first-order chi connectivity index (χ1) is 11.4. The molecule has 0 atom stereocenters. The summed E-state index contributed by atoms with van der Waals surface area (Å²) < 4.78 is 0.307. The molecule has 0 saturated carbocycles. The summed E-state index contributed by atoms with van der Waals surface area (Å²) in [6.07, 6.45) is 0. The number of nitrogens with zero attached hydrogens (tertiary/aromatic N) is 1. The van der Waals surface area contributed by atoms with E-state index in [-0.39, 0.29) is 17.8 Å². The number of amides is 3. The van der Waals surface area contributed by atoms with Crippen molar-refractivity contribution >= 4 is 39.2 Å². The Bertz CT molecular complexity index is 793. The van der Waals surface area contributed by atoms with Crippen LogP contribution < -0.4 is 16.4 Å². The topological polar surface area (TPSA) is 127 Å². The summed E-state index contributed by atoms with van der Waals surface area (Å²) in [5.74, 6) is -0.426. The van der Waals surface area contributed by atoms with Crippen LogP contribution >= 0.6 is 15.9 Å². The lowest BCUT2D eigenvalue weighted by atomic mass is 10.1. The predicted molar refractivity (Wildman–Crippen MR) is 91.6 cm³/mol. The fraction of sp³-hybridized carbons (Fsp3) is 0.0667. The molecule has 0 fully saturated rings. The highest BCUT2D eigenvalue weighted by Gasteiger charge is 2.15. The Hall–Kier alpha value is -2.94. The molecule has 8 nitrogen and oxygen atoms in total. The van der Waals surface area contributed by atoms with Gasteiger partial charge in [-0.3, -0.25) is 14.9 Å². The summed E-state index contributed by atoms with van der Waals surface area (Å²) in [6, 6.07) is 10.2. The number of hydrogen-bond donors (Lipinski definition) is 3. The lowest BCUT2D eigenvalue weighted by Crippen LogP contribution is -2.23. The van der Waals surface area contributed by atoms with Gasteiger partial charge in [0.2, 0.25) is 0 Å². The van der Waals surface area contributed by atoms with Gasteiger partial charge in [0.05, 0.1) is 9.40 Å². The fourth-order valence-electron chi connectivity index (χ4n) is 1.93. The molecular formula is C15H13BrN4O4. The van der Waals surface area contributed by atoms with Gasteiger partial charge < -0.3 is 16.4 Å². The van der Waals surface area contributed by atoms with Crippen LogP contribution in [0.2, 0.25) is 0 Å². The van der Waals surface area contributed by atoms with Gasteiger partial charge in [-0.2, -0.15) is 0 Å². The third kappa shape index (κ3) is 4.53. The van der Waals surface area contributed by atoms with Gasteiger partial charge in [0.15, 0.2) is 0 Å². The van der Waals surface area contributed by atoms with Crippen LogP contribution in [0.25, 0.3) is 0 Å². The van der Waals surface area contributed by atoms with E-state index in [0.29, 0.717) is 10.2 Å². The number of halogens is 1. The van der Waals surface area contributed by atoms with E-state index in [2.05, 4.69) is 26.6 Å². The van der Waals surface area contributed by atoms with Crippen molar-refractivity contribution in [2.75, 3.05) is 5.32 Å². The highest BCUT2D eigenvalue weighted by atomic mass is 79.9. The van der Waals surface area contributed by atoms with Gasteiger partial charge in [-0.15, -0.1) is 0 Å². The molecule has 0 saturated heterocycles. The highest BCUT2D eigenvalue weighted by Crippen LogP contribution is 2.25. The molecule has 0 aliphatic rings. The maximum absolute atomic E-state index is 12.1. The van der Waals surface area contributed by atoms with Crippen molar-refractivity contribution < 1.29 is 14.5 Å². The molecule has 0 bridgehead atoms. The van der Waals surface area contributed by atoms with Gasteiger partial charge in [-0.05, 0) is 45.8 Å². The van der Waals surface area contributed by atoms with E-state index in [1.165, 1.54) is 18.2 Å². The van der Waals surface area contributed by atoms with Crippen LogP contribution in [0.5, 0.6) is 0 Å². The monoisotopic (exact) mass is 392 g/mol. The largest absolute Gasteiger partial charge is 0.351 e. The number of carbonyl (C=O) groups excluding carboxylic acids is 2. The highest BCUT2D eigenvalue weighted by molar-refractivity contribution is 9.10. The smallest absolute Gasteiger partial charge is 0.316 e. The van der Waals surface area contributed by atoms with Crippen molar-refractivity contribution in [1.29, 1.82) is 0 Å². The Morgan fingerprint density at radius 1 is 1.17 bits per heavy atom. The molecule has 0 aromatic heterocycles. The van der Waals surface area contributed by atoms with Crippen LogP contribution in [-0.2, 0) is 6.54 Å². The molecule has 4 N–H and O–H groups in total. The van der Waals surface area contributed by atoms with Gasteiger partial charge in [0, 0.05) is 23.9 Å². The summed E-state index contributed by atoms with van der Waals surface area (Å²) in [7, 11) is 0. The minimum Gasteiger partial charge on any atom is -0.351 e. The molecule has 2 aromatic rings. The molecule has 124 valence electrons. The number of urea groups is 1. The second-order valence-corrected chi connectivity index (χ2v) is 5.65. The molecule has 2 aromatic carbocycles. The Labute approximate surface area is 145 Å². The minimum absolute atomic E-state index is 0.176. The van der Waals surface area contributed by atoms with Gasteiger partial charge in [0.25, 0.3) is 11.6 Å². The molecule has 3 amide bonds. The summed E-state index contributed by atoms with van der Waals surface area (Å²) in [4.78, 5) is 33.1. The van der Waals surface area contributed by atoms with E-state index >= 15 is 0 Å². The van der Waals surface area contributed by atoms with Crippen LogP contribution in [-0.4, -0.2) is 16.9 Å². The lowest BCUT2D eigenvalue weighted by molar-refractivity contribution is -0.385. The molecule has 0 unspecified atom stereocenters. The van der Waals surface area contributed by atoms with E-state index in [9.17, 15) is 19.7 Å². The first kappa shape index (κ1) is 17.4. The van der Waals surface area contributed by atoms with Crippen molar-refractivity contribution in [1.82, 2.24) is 5.32 Å². The summed E-state index contributed by atoms with van der Waals surface area (Å²) in [5.41, 5.74) is 6.37. The second-order valence-electron chi connectivity index (χ2n) is 4.79. The summed E-state index contributed by atoms with van der Waals surface area (Å²) in [5, 5.41) is 16.0. The van der Waals surface area contributed by atoms with Crippen LogP contribution in [0.4, 0.5) is 16.2 Å². The average Bonchev–Trinajstić information content (AvgIpc) is 2.53. The van der Waals surface area contributed by atoms with Crippen LogP contribution in [0.3, 0.4) is 0 Å². The van der Waals surface area contributed by atoms with E-state index in [1.54, 1.807) is 24.3 Å². The zero-order valence-electron chi connectivity index (χ0n) is 12.3. The maximum Gasteiger partial charge on any atom is 0.316 e. The second kappa shape index (κ2) is 7.55. The van der Waals surface area contributed by atoms with Crippen LogP contribution in [0.1, 0.15) is 15.9 Å². The number of nitrogens with two attached hydrogens (primary N) is 1. The molecule has 24 heavy (non-hydrogen) atoms. The number of nitrogens with one attached hydrogen (secondary N) is 2. The SMILES string of the molecule is NC(=O)Nc1ccc(CNC(=O)c2ccc(Br)c([N+](=O)[O-])c2)cc1. The molecule has 2 rings (SSSR count). The van der Waals surface area contributed by atoms with Crippen molar-refractivity contribution in [3.05, 3.63) is 68.2 Å². The fourth-order valence-corrected chi connectivity index (χ4v) is 2.32. The quantitative estimate of drug-likeness (QED) is 0.533. The maximum atomic E-state index is 12.1. The third-order valence-corrected chi connectivity index (χ3v) is 3.75. The molecule has 0 aliphatic carbocycles. The third-order valence-electron chi connectivity index (χ3n) is 3.08. The number of nitro benzene ring substituents is 1. The summed E-state index contributed by atoms with van der Waals surface area (Å²) >= 11 is 3.07. The predicted octanol–water partition coefficient (Wildman–Crippen LogP) is 2.78. The average molecular weight is 393 g/mol. The van der Waals surface area contributed by atoms with Gasteiger partial charge in [-0.25, -0.2) is 4.79 Å². The van der Waals surface area contributed by atoms with Crippen LogP contribution in [0.15, 0.2) is 46.9 Å². The van der Waals surface area contributed by atoms with Gasteiger partial charge in [0.1, 0.15) is 0 Å². The first-order valence-electron chi connectivity index (χ1n) is 6.74. The lowest BCUT2D eigenvalue weighted by Gasteiger charge is -2.07. The Kier molecular flexibility index (Phi) is 5.48. The van der Waals surface area contributed by atoms with Crippen molar-refractivity contribution in [2.45, 2.75) is 6.54 Å². The first-order valence-corrected chi connectivity index (χ1v) is 7.53.